The second-order valence-corrected chi connectivity index (χ2v) is 12.6. The zero-order valence-corrected chi connectivity index (χ0v) is 24.2. The van der Waals surface area contributed by atoms with Crippen LogP contribution in [0.5, 0.6) is 0 Å². The second-order valence-electron chi connectivity index (χ2n) is 11.8. The van der Waals surface area contributed by atoms with Gasteiger partial charge in [0.15, 0.2) is 5.65 Å². The first-order chi connectivity index (χ1) is 18.7. The number of nitrogen functional groups attached to an aromatic ring is 1. The number of anilines is 2. The van der Waals surface area contributed by atoms with Gasteiger partial charge in [0.05, 0.1) is 11.9 Å². The maximum atomic E-state index is 14.7. The molecule has 3 aromatic rings. The Labute approximate surface area is 234 Å². The van der Waals surface area contributed by atoms with Gasteiger partial charge >= 0.3 is 0 Å². The molecule has 210 valence electrons. The molecule has 3 saturated carbocycles. The van der Waals surface area contributed by atoms with Crippen LogP contribution in [0.15, 0.2) is 29.2 Å². The van der Waals surface area contributed by atoms with Gasteiger partial charge in [0.1, 0.15) is 17.0 Å². The van der Waals surface area contributed by atoms with E-state index in [-0.39, 0.29) is 23.2 Å². The van der Waals surface area contributed by atoms with Gasteiger partial charge in [0.25, 0.3) is 5.56 Å². The highest BCUT2D eigenvalue weighted by molar-refractivity contribution is 8.00. The number of hydrogen-bond donors (Lipinski definition) is 2. The van der Waals surface area contributed by atoms with E-state index in [9.17, 15) is 9.18 Å². The van der Waals surface area contributed by atoms with Gasteiger partial charge in [-0.1, -0.05) is 37.3 Å². The summed E-state index contributed by atoms with van der Waals surface area (Å²) >= 11 is 1.55. The molecular formula is C29H40FN7OS. The van der Waals surface area contributed by atoms with E-state index < -0.39 is 5.82 Å². The molecule has 0 bridgehead atoms. The first kappa shape index (κ1) is 27.8. The summed E-state index contributed by atoms with van der Waals surface area (Å²) in [5.41, 5.74) is 7.79. The third-order valence-corrected chi connectivity index (χ3v) is 9.37. The lowest BCUT2D eigenvalue weighted by molar-refractivity contribution is 0.229. The topological polar surface area (TPSA) is 102 Å². The molecule has 3 N–H and O–H groups in total. The average molecular weight is 554 g/mol. The van der Waals surface area contributed by atoms with Crippen molar-refractivity contribution in [3.8, 4) is 11.3 Å². The molecule has 1 aromatic carbocycles. The SMILES string of the molecule is CC(C)n1c(=O)c(-c2ccc(NSCC3CC34CC4)c(F)c2)nc2cnc(N)nc21.CN(C)C1CCCCC1. The van der Waals surface area contributed by atoms with Gasteiger partial charge < -0.3 is 15.4 Å². The molecule has 3 fully saturated rings. The van der Waals surface area contributed by atoms with Crippen LogP contribution in [-0.4, -0.2) is 50.3 Å². The standard InChI is InChI=1S/C21H23FN6OS.C8H17N/c1-11(2)28-18-16(9-24-20(23)26-18)25-17(19(28)29)12-3-4-15(14(22)7-12)27-30-10-13-8-21(13)5-6-21;1-9(2)8-6-4-3-5-7-8/h3-4,7,9,11,13,27H,5-6,8,10H2,1-2H3,(H2,23,24,26);8H,3-7H2,1-2H3. The lowest BCUT2D eigenvalue weighted by atomic mass is 9.95. The Balaban J connectivity index is 0.000000292. The van der Waals surface area contributed by atoms with E-state index in [0.717, 1.165) is 17.7 Å². The number of fused-ring (bicyclic) bond motifs is 1. The van der Waals surface area contributed by atoms with E-state index in [1.54, 1.807) is 24.1 Å². The zero-order valence-electron chi connectivity index (χ0n) is 23.4. The molecule has 0 amide bonds. The van der Waals surface area contributed by atoms with Crippen LogP contribution < -0.4 is 16.0 Å². The Kier molecular flexibility index (Phi) is 8.14. The van der Waals surface area contributed by atoms with Crippen LogP contribution in [0, 0.1) is 17.2 Å². The van der Waals surface area contributed by atoms with Crippen molar-refractivity contribution < 1.29 is 4.39 Å². The largest absolute Gasteiger partial charge is 0.368 e. The minimum absolute atomic E-state index is 0.0728. The summed E-state index contributed by atoms with van der Waals surface area (Å²) < 4.78 is 19.4. The van der Waals surface area contributed by atoms with E-state index in [0.29, 0.717) is 27.8 Å². The first-order valence-electron chi connectivity index (χ1n) is 14.1. The van der Waals surface area contributed by atoms with Crippen LogP contribution in [0.25, 0.3) is 22.4 Å². The summed E-state index contributed by atoms with van der Waals surface area (Å²) in [6.07, 6.45) is 12.7. The fourth-order valence-corrected chi connectivity index (χ4v) is 6.76. The predicted molar refractivity (Wildman–Crippen MR) is 158 cm³/mol. The molecular weight excluding hydrogens is 513 g/mol. The number of hydrogen-bond acceptors (Lipinski definition) is 8. The van der Waals surface area contributed by atoms with Crippen molar-refractivity contribution >= 4 is 34.7 Å². The van der Waals surface area contributed by atoms with Gasteiger partial charge in [-0.2, -0.15) is 4.98 Å². The van der Waals surface area contributed by atoms with E-state index in [1.165, 1.54) is 68.2 Å². The Morgan fingerprint density at radius 1 is 1.21 bits per heavy atom. The number of nitrogens with two attached hydrogens (primary N) is 1. The van der Waals surface area contributed by atoms with Crippen LogP contribution >= 0.6 is 11.9 Å². The van der Waals surface area contributed by atoms with Crippen LogP contribution in [0.1, 0.15) is 71.3 Å². The lowest BCUT2D eigenvalue weighted by Gasteiger charge is -2.27. The molecule has 2 heterocycles. The molecule has 2 aromatic heterocycles. The minimum atomic E-state index is -0.414. The molecule has 1 unspecified atom stereocenters. The molecule has 3 aliphatic carbocycles. The molecule has 1 atom stereocenters. The van der Waals surface area contributed by atoms with E-state index >= 15 is 0 Å². The first-order valence-corrected chi connectivity index (χ1v) is 15.1. The van der Waals surface area contributed by atoms with Gasteiger partial charge in [0.2, 0.25) is 5.95 Å². The van der Waals surface area contributed by atoms with Crippen molar-refractivity contribution in [3.63, 3.8) is 0 Å². The molecule has 8 nitrogen and oxygen atoms in total. The summed E-state index contributed by atoms with van der Waals surface area (Å²) in [6.45, 7) is 3.75. The summed E-state index contributed by atoms with van der Waals surface area (Å²) in [6, 6.07) is 5.43. The molecule has 1 spiro atoms. The van der Waals surface area contributed by atoms with Crippen LogP contribution in [-0.2, 0) is 0 Å². The predicted octanol–water partition coefficient (Wildman–Crippen LogP) is 5.90. The number of halogens is 1. The maximum absolute atomic E-state index is 14.7. The van der Waals surface area contributed by atoms with Crippen molar-refractivity contribution in [2.45, 2.75) is 77.3 Å². The molecule has 0 saturated heterocycles. The van der Waals surface area contributed by atoms with Crippen molar-refractivity contribution in [2.75, 3.05) is 30.3 Å². The van der Waals surface area contributed by atoms with Crippen molar-refractivity contribution in [1.29, 1.82) is 0 Å². The Morgan fingerprint density at radius 2 is 1.95 bits per heavy atom. The molecule has 39 heavy (non-hydrogen) atoms. The van der Waals surface area contributed by atoms with Crippen LogP contribution in [0.4, 0.5) is 16.0 Å². The van der Waals surface area contributed by atoms with E-state index in [1.807, 2.05) is 13.8 Å². The normalized spacial score (nSPS) is 19.8. The summed E-state index contributed by atoms with van der Waals surface area (Å²) in [5, 5.41) is 0. The number of nitrogens with one attached hydrogen (secondary N) is 1. The smallest absolute Gasteiger partial charge is 0.278 e. The molecule has 6 rings (SSSR count). The van der Waals surface area contributed by atoms with Crippen molar-refractivity contribution in [3.05, 3.63) is 40.6 Å². The second kappa shape index (κ2) is 11.4. The highest BCUT2D eigenvalue weighted by atomic mass is 32.2. The monoisotopic (exact) mass is 553 g/mol. The van der Waals surface area contributed by atoms with Crippen molar-refractivity contribution in [1.82, 2.24) is 24.4 Å². The Morgan fingerprint density at radius 3 is 2.54 bits per heavy atom. The van der Waals surface area contributed by atoms with Crippen molar-refractivity contribution in [2.24, 2.45) is 11.3 Å². The number of nitrogens with zero attached hydrogens (tertiary/aromatic N) is 5. The number of rotatable bonds is 7. The van der Waals surface area contributed by atoms with E-state index in [2.05, 4.69) is 38.7 Å². The summed E-state index contributed by atoms with van der Waals surface area (Å²) in [4.78, 5) is 28.0. The van der Waals surface area contributed by atoms with Gasteiger partial charge in [-0.25, -0.2) is 14.4 Å². The highest BCUT2D eigenvalue weighted by Gasteiger charge is 2.62. The van der Waals surface area contributed by atoms with Crippen LogP contribution in [0.2, 0.25) is 0 Å². The average Bonchev–Trinajstić information content (AvgIpc) is 3.83. The zero-order chi connectivity index (χ0) is 27.7. The molecule has 0 aliphatic heterocycles. The molecule has 0 radical (unpaired) electrons. The number of aromatic nitrogens is 4. The van der Waals surface area contributed by atoms with Gasteiger partial charge in [-0.3, -0.25) is 9.36 Å². The van der Waals surface area contributed by atoms with Gasteiger partial charge in [0, 0.05) is 23.4 Å². The minimum Gasteiger partial charge on any atom is -0.368 e. The summed E-state index contributed by atoms with van der Waals surface area (Å²) in [7, 11) is 4.38. The molecule has 3 aliphatic rings. The lowest BCUT2D eigenvalue weighted by Crippen LogP contribution is -2.29. The van der Waals surface area contributed by atoms with Gasteiger partial charge in [-0.05, 0) is 83.5 Å². The summed E-state index contributed by atoms with van der Waals surface area (Å²) in [5.74, 6) is 1.42. The molecule has 10 heteroatoms. The fourth-order valence-electron chi connectivity index (χ4n) is 5.68. The number of benzene rings is 1. The highest BCUT2D eigenvalue weighted by Crippen LogP contribution is 2.71. The fraction of sp³-hybridized carbons (Fsp3) is 0.586. The maximum Gasteiger partial charge on any atom is 0.278 e. The van der Waals surface area contributed by atoms with E-state index in [4.69, 9.17) is 5.73 Å². The third-order valence-electron chi connectivity index (χ3n) is 8.43. The van der Waals surface area contributed by atoms with Crippen LogP contribution in [0.3, 0.4) is 0 Å². The Bertz CT molecular complexity index is 1380. The third kappa shape index (κ3) is 6.22. The van der Waals surface area contributed by atoms with Gasteiger partial charge in [-0.15, -0.1) is 0 Å². The Hall–Kier alpha value is -2.72. The quantitative estimate of drug-likeness (QED) is 0.349.